The summed E-state index contributed by atoms with van der Waals surface area (Å²) < 4.78 is 296. The Kier molecular flexibility index (Phi) is 13.4. The van der Waals surface area contributed by atoms with Crippen LogP contribution in [0.5, 0.6) is 0 Å². The summed E-state index contributed by atoms with van der Waals surface area (Å²) in [6.07, 6.45) is -1.84. The number of aromatic nitrogens is 2. The predicted octanol–water partition coefficient (Wildman–Crippen LogP) is 8.10. The Morgan fingerprint density at radius 1 is 0.460 bits per heavy atom. The molecule has 0 fully saturated rings. The first-order valence-electron chi connectivity index (χ1n) is 17.0. The molecule has 3 nitrogen and oxygen atoms in total. The van der Waals surface area contributed by atoms with Crippen LogP contribution in [-0.2, 0) is 6.54 Å². The van der Waals surface area contributed by atoms with Gasteiger partial charge >= 0.3 is 0 Å². The largest absolute Gasteiger partial charge is 0.292 e. The maximum atomic E-state index is 15.4. The van der Waals surface area contributed by atoms with Gasteiger partial charge in [0.1, 0.15) is 52.7 Å². The van der Waals surface area contributed by atoms with Crippen LogP contribution >= 0.6 is 0 Å². The lowest BCUT2D eigenvalue weighted by Crippen LogP contribution is -2.81. The monoisotopic (exact) mass is 920 g/mol. The van der Waals surface area contributed by atoms with Gasteiger partial charge in [-0.15, -0.1) is 21.9 Å². The molecule has 0 unspecified atom stereocenters. The standard InChI is InChI=1S/C24BF20.C15H17N2O/c26-5-1(6(27)14(35)21(42)13(5)34)25(2-7(28)15(36)22(43)16(37)8(2)29,3-9(30)17(38)23(44)18(39)10(3)31)4-11(32)19(40)24(45)20(41)12(4)33;1-12(2)15(18)14-11-17(9-8-16-14)10-13-6-4-3-5-7-13/h;3-9,11-12H,10H2,1-2H3/q-1;+1. The Hall–Kier alpha value is -6.49. The minimum absolute atomic E-state index is 0.0231. The van der Waals surface area contributed by atoms with Crippen molar-refractivity contribution >= 4 is 33.8 Å². The van der Waals surface area contributed by atoms with Crippen molar-refractivity contribution in [1.29, 1.82) is 0 Å². The third kappa shape index (κ3) is 7.72. The van der Waals surface area contributed by atoms with E-state index in [-0.39, 0.29) is 11.7 Å². The second-order valence-corrected chi connectivity index (χ2v) is 13.4. The van der Waals surface area contributed by atoms with E-state index in [4.69, 9.17) is 0 Å². The van der Waals surface area contributed by atoms with Crippen molar-refractivity contribution in [3.63, 3.8) is 0 Å². The van der Waals surface area contributed by atoms with Gasteiger partial charge in [-0.1, -0.05) is 44.2 Å². The highest BCUT2D eigenvalue weighted by atomic mass is 19.2. The van der Waals surface area contributed by atoms with Crippen LogP contribution in [0.4, 0.5) is 87.8 Å². The summed E-state index contributed by atoms with van der Waals surface area (Å²) in [7, 11) is 0. The molecule has 0 spiro atoms. The Morgan fingerprint density at radius 2 is 0.730 bits per heavy atom. The van der Waals surface area contributed by atoms with Gasteiger partial charge in [0.05, 0.1) is 6.20 Å². The predicted molar refractivity (Wildman–Crippen MR) is 178 cm³/mol. The van der Waals surface area contributed by atoms with Crippen LogP contribution in [0, 0.1) is 122 Å². The summed E-state index contributed by atoms with van der Waals surface area (Å²) in [6, 6.07) is 10.2. The second kappa shape index (κ2) is 17.7. The van der Waals surface area contributed by atoms with E-state index in [1.54, 1.807) is 6.20 Å². The molecule has 24 heteroatoms. The molecular formula is C39H17BF20N2O. The van der Waals surface area contributed by atoms with Crippen molar-refractivity contribution in [3.05, 3.63) is 177 Å². The molecule has 6 rings (SSSR count). The van der Waals surface area contributed by atoms with Gasteiger partial charge in [-0.2, -0.15) is 4.57 Å². The molecule has 0 radical (unpaired) electrons. The number of halogens is 20. The fourth-order valence-electron chi connectivity index (χ4n) is 6.62. The molecule has 1 aromatic heterocycles. The minimum atomic E-state index is -7.22. The molecule has 0 aliphatic rings. The zero-order valence-corrected chi connectivity index (χ0v) is 30.8. The lowest BCUT2D eigenvalue weighted by Gasteiger charge is -2.44. The average Bonchev–Trinajstić information content (AvgIpc) is 3.26. The van der Waals surface area contributed by atoms with Crippen LogP contribution in [0.15, 0.2) is 48.9 Å². The highest BCUT2D eigenvalue weighted by molar-refractivity contribution is 7.20. The average molecular weight is 920 g/mol. The van der Waals surface area contributed by atoms with E-state index in [1.165, 1.54) is 5.56 Å². The van der Waals surface area contributed by atoms with Crippen LogP contribution in [0.1, 0.15) is 29.9 Å². The molecule has 5 aromatic carbocycles. The third-order valence-corrected chi connectivity index (χ3v) is 9.45. The number of benzene rings is 5. The summed E-state index contributed by atoms with van der Waals surface area (Å²) in [4.78, 5) is 16.0. The summed E-state index contributed by atoms with van der Waals surface area (Å²) in [5.74, 6) is -71.3. The molecule has 63 heavy (non-hydrogen) atoms. The van der Waals surface area contributed by atoms with Gasteiger partial charge in [-0.3, -0.25) is 4.79 Å². The number of nitrogens with zero attached hydrogens (tertiary/aromatic N) is 2. The molecular weight excluding hydrogens is 903 g/mol. The van der Waals surface area contributed by atoms with Crippen LogP contribution in [0.25, 0.3) is 0 Å². The summed E-state index contributed by atoms with van der Waals surface area (Å²) in [5.41, 5.74) is -12.6. The first-order chi connectivity index (χ1) is 29.4. The quantitative estimate of drug-likeness (QED) is 0.0387. The first-order valence-corrected chi connectivity index (χ1v) is 17.0. The molecule has 6 aromatic rings. The molecule has 0 aliphatic carbocycles. The van der Waals surface area contributed by atoms with Crippen LogP contribution in [0.3, 0.4) is 0 Å². The second-order valence-electron chi connectivity index (χ2n) is 13.4. The van der Waals surface area contributed by atoms with Gasteiger partial charge in [-0.05, 0) is 0 Å². The molecule has 0 amide bonds. The number of hydrogen-bond donors (Lipinski definition) is 0. The topological polar surface area (TPSA) is 33.8 Å². The van der Waals surface area contributed by atoms with Gasteiger partial charge in [0.2, 0.25) is 0 Å². The van der Waals surface area contributed by atoms with E-state index in [0.717, 1.165) is 6.54 Å². The van der Waals surface area contributed by atoms with Crippen molar-refractivity contribution < 1.29 is 97.2 Å². The highest BCUT2D eigenvalue weighted by Gasteiger charge is 2.52. The van der Waals surface area contributed by atoms with Gasteiger partial charge in [-0.25, -0.2) is 92.8 Å². The van der Waals surface area contributed by atoms with Crippen molar-refractivity contribution in [1.82, 2.24) is 4.98 Å². The van der Waals surface area contributed by atoms with Crippen molar-refractivity contribution in [2.75, 3.05) is 0 Å². The van der Waals surface area contributed by atoms with Gasteiger partial charge in [0.15, 0.2) is 100 Å². The minimum Gasteiger partial charge on any atom is -0.292 e. The van der Waals surface area contributed by atoms with Crippen LogP contribution < -0.4 is 26.4 Å². The molecule has 0 saturated carbocycles. The van der Waals surface area contributed by atoms with E-state index in [1.807, 2.05) is 49.0 Å². The SMILES string of the molecule is CC(C)C(=O)c1c[n+](Cc2ccccc2)ccn1.Fc1c(F)c(F)c([B-](c2c(F)c(F)c(F)c(F)c2F)(c2c(F)c(F)c(F)c(F)c2F)c2c(F)c(F)c(F)c(F)c2F)c(F)c1F. The number of rotatable bonds is 8. The zero-order valence-electron chi connectivity index (χ0n) is 30.8. The van der Waals surface area contributed by atoms with E-state index in [0.29, 0.717) is 5.69 Å². The van der Waals surface area contributed by atoms with E-state index in [2.05, 4.69) is 17.1 Å². The van der Waals surface area contributed by atoms with E-state index >= 15 is 35.1 Å². The normalized spacial score (nSPS) is 11.6. The lowest BCUT2D eigenvalue weighted by atomic mass is 9.12. The Morgan fingerprint density at radius 3 is 1.00 bits per heavy atom. The number of carbonyl (C=O) groups excluding carboxylic acids is 1. The fourth-order valence-corrected chi connectivity index (χ4v) is 6.62. The molecule has 0 saturated heterocycles. The molecule has 0 atom stereocenters. The number of ketones is 1. The number of hydrogen-bond acceptors (Lipinski definition) is 2. The lowest BCUT2D eigenvalue weighted by molar-refractivity contribution is -0.689. The van der Waals surface area contributed by atoms with Crippen molar-refractivity contribution in [2.45, 2.75) is 20.4 Å². The number of Topliss-reactive ketones (excluding diaryl/α,β-unsaturated/α-hetero) is 1. The van der Waals surface area contributed by atoms with Crippen molar-refractivity contribution in [2.24, 2.45) is 5.92 Å². The molecule has 0 aliphatic heterocycles. The maximum Gasteiger partial charge on any atom is 0.200 e. The smallest absolute Gasteiger partial charge is 0.200 e. The molecule has 1 heterocycles. The van der Waals surface area contributed by atoms with E-state index in [9.17, 15) is 57.5 Å². The van der Waals surface area contributed by atoms with E-state index < -0.39 is 144 Å². The van der Waals surface area contributed by atoms with Gasteiger partial charge < -0.3 is 0 Å². The Balaban J connectivity index is 0.000000345. The zero-order chi connectivity index (χ0) is 47.3. The van der Waals surface area contributed by atoms with Crippen molar-refractivity contribution in [3.8, 4) is 0 Å². The molecule has 0 bridgehead atoms. The summed E-state index contributed by atoms with van der Waals surface area (Å²) in [6.45, 7) is 4.53. The maximum absolute atomic E-state index is 15.4. The van der Waals surface area contributed by atoms with Gasteiger partial charge in [0.25, 0.3) is 0 Å². The van der Waals surface area contributed by atoms with Gasteiger partial charge in [0, 0.05) is 11.5 Å². The first kappa shape index (κ1) is 47.6. The Bertz CT molecular complexity index is 2440. The molecule has 0 N–H and O–H groups in total. The van der Waals surface area contributed by atoms with Crippen LogP contribution in [-0.4, -0.2) is 16.9 Å². The Labute approximate surface area is 338 Å². The summed E-state index contributed by atoms with van der Waals surface area (Å²) >= 11 is 0. The fraction of sp³-hybridized carbons (Fsp3) is 0.103. The highest BCUT2D eigenvalue weighted by Crippen LogP contribution is 2.30. The number of carbonyl (C=O) groups is 1. The third-order valence-electron chi connectivity index (χ3n) is 9.45. The molecule has 332 valence electrons. The summed E-state index contributed by atoms with van der Waals surface area (Å²) in [5, 5.41) is 0. The van der Waals surface area contributed by atoms with Crippen LogP contribution in [0.2, 0.25) is 0 Å².